The number of carbonyl (C=O) groups is 1. The fourth-order valence-electron chi connectivity index (χ4n) is 3.44. The molecule has 32 heavy (non-hydrogen) atoms. The van der Waals surface area contributed by atoms with E-state index in [1.165, 1.54) is 24.3 Å². The van der Waals surface area contributed by atoms with E-state index in [0.29, 0.717) is 30.3 Å². The monoisotopic (exact) mass is 465 g/mol. The van der Waals surface area contributed by atoms with Crippen molar-refractivity contribution in [2.45, 2.75) is 32.5 Å². The molecule has 2 aromatic carbocycles. The number of carbonyl (C=O) groups excluding carboxylic acids is 1. The fourth-order valence-corrected chi connectivity index (χ4v) is 3.64. The summed E-state index contributed by atoms with van der Waals surface area (Å²) in [6, 6.07) is 12.9. The first-order valence-corrected chi connectivity index (χ1v) is 11.0. The summed E-state index contributed by atoms with van der Waals surface area (Å²) in [6.45, 7) is 5.67. The molecular weight excluding hydrogens is 433 g/mol. The Labute approximate surface area is 194 Å². The molecule has 0 bridgehead atoms. The molecule has 0 aliphatic rings. The van der Waals surface area contributed by atoms with Gasteiger partial charge in [-0.1, -0.05) is 36.7 Å². The lowest BCUT2D eigenvalue weighted by Crippen LogP contribution is -2.45. The Kier molecular flexibility index (Phi) is 10.4. The second-order valence-corrected chi connectivity index (χ2v) is 8.53. The van der Waals surface area contributed by atoms with Gasteiger partial charge in [-0.05, 0) is 48.7 Å². The van der Waals surface area contributed by atoms with Gasteiger partial charge < -0.3 is 20.1 Å². The SMILES string of the molecule is CO[C@H](CN(C)C(=O)Nc1ccc(F)cc1)[C@@H](C)CN(Cc1ccccc1Cl)[C@@H](C)CO. The zero-order valence-electron chi connectivity index (χ0n) is 19.1. The quantitative estimate of drug-likeness (QED) is 0.513. The van der Waals surface area contributed by atoms with E-state index in [-0.39, 0.29) is 36.5 Å². The van der Waals surface area contributed by atoms with Crippen LogP contribution in [0.4, 0.5) is 14.9 Å². The van der Waals surface area contributed by atoms with Crippen molar-refractivity contribution in [3.05, 3.63) is 64.9 Å². The first-order valence-electron chi connectivity index (χ1n) is 10.6. The standard InChI is InChI=1S/C24H33ClFN3O3/c1-17(13-29(18(2)16-30)14-19-7-5-6-8-22(19)25)23(32-4)15-28(3)24(31)27-21-11-9-20(26)10-12-21/h5-12,17-18,23,30H,13-16H2,1-4H3,(H,27,31)/t17-,18-,23+/m0/s1. The summed E-state index contributed by atoms with van der Waals surface area (Å²) < 4.78 is 18.8. The number of nitrogens with one attached hydrogen (secondary N) is 1. The molecule has 0 saturated carbocycles. The molecule has 0 spiro atoms. The Bertz CT molecular complexity index is 853. The smallest absolute Gasteiger partial charge is 0.321 e. The highest BCUT2D eigenvalue weighted by Gasteiger charge is 2.25. The molecule has 176 valence electrons. The molecule has 2 aromatic rings. The molecule has 2 amide bonds. The molecule has 2 rings (SSSR count). The molecule has 0 saturated heterocycles. The van der Waals surface area contributed by atoms with Crippen LogP contribution in [0, 0.1) is 11.7 Å². The van der Waals surface area contributed by atoms with Gasteiger partial charge in [0.2, 0.25) is 0 Å². The lowest BCUT2D eigenvalue weighted by molar-refractivity contribution is 0.0154. The molecule has 2 N–H and O–H groups in total. The van der Waals surface area contributed by atoms with Crippen molar-refractivity contribution < 1.29 is 19.0 Å². The highest BCUT2D eigenvalue weighted by molar-refractivity contribution is 6.31. The minimum atomic E-state index is -0.358. The number of hydrogen-bond donors (Lipinski definition) is 2. The summed E-state index contributed by atoms with van der Waals surface area (Å²) in [5.74, 6) is -0.291. The third-order valence-electron chi connectivity index (χ3n) is 5.57. The molecule has 0 radical (unpaired) electrons. The maximum atomic E-state index is 13.1. The number of ether oxygens (including phenoxy) is 1. The number of benzene rings is 2. The van der Waals surface area contributed by atoms with Crippen LogP contribution < -0.4 is 5.32 Å². The zero-order chi connectivity index (χ0) is 23.7. The average molecular weight is 466 g/mol. The topological polar surface area (TPSA) is 65.0 Å². The van der Waals surface area contributed by atoms with Crippen molar-refractivity contribution in [1.29, 1.82) is 0 Å². The van der Waals surface area contributed by atoms with Gasteiger partial charge in [0, 0.05) is 50.5 Å². The van der Waals surface area contributed by atoms with Gasteiger partial charge in [0.05, 0.1) is 12.7 Å². The number of halogens is 2. The number of amides is 2. The molecule has 6 nitrogen and oxygen atoms in total. The maximum absolute atomic E-state index is 13.1. The number of methoxy groups -OCH3 is 1. The first-order chi connectivity index (χ1) is 15.2. The Balaban J connectivity index is 2.00. The number of rotatable bonds is 11. The van der Waals surface area contributed by atoms with Crippen LogP contribution in [0.5, 0.6) is 0 Å². The van der Waals surface area contributed by atoms with Gasteiger partial charge in [0.15, 0.2) is 0 Å². The van der Waals surface area contributed by atoms with Gasteiger partial charge in [0.25, 0.3) is 0 Å². The molecule has 0 aromatic heterocycles. The zero-order valence-corrected chi connectivity index (χ0v) is 19.8. The summed E-state index contributed by atoms with van der Waals surface area (Å²) in [5.41, 5.74) is 1.51. The summed E-state index contributed by atoms with van der Waals surface area (Å²) in [7, 11) is 3.32. The van der Waals surface area contributed by atoms with E-state index in [1.54, 1.807) is 19.1 Å². The predicted molar refractivity (Wildman–Crippen MR) is 126 cm³/mol. The van der Waals surface area contributed by atoms with E-state index >= 15 is 0 Å². The van der Waals surface area contributed by atoms with Crippen LogP contribution in [0.2, 0.25) is 5.02 Å². The molecule has 0 aliphatic heterocycles. The van der Waals surface area contributed by atoms with E-state index in [0.717, 1.165) is 5.56 Å². The van der Waals surface area contributed by atoms with Crippen molar-refractivity contribution in [1.82, 2.24) is 9.80 Å². The largest absolute Gasteiger partial charge is 0.395 e. The van der Waals surface area contributed by atoms with Gasteiger partial charge >= 0.3 is 6.03 Å². The van der Waals surface area contributed by atoms with Crippen LogP contribution in [0.15, 0.2) is 48.5 Å². The summed E-state index contributed by atoms with van der Waals surface area (Å²) >= 11 is 6.34. The van der Waals surface area contributed by atoms with Crippen LogP contribution >= 0.6 is 11.6 Å². The Morgan fingerprint density at radius 2 is 1.81 bits per heavy atom. The van der Waals surface area contributed by atoms with Crippen LogP contribution in [-0.2, 0) is 11.3 Å². The van der Waals surface area contributed by atoms with Gasteiger partial charge in [-0.2, -0.15) is 0 Å². The number of anilines is 1. The number of likely N-dealkylation sites (N-methyl/N-ethyl adjacent to an activating group) is 1. The van der Waals surface area contributed by atoms with E-state index in [4.69, 9.17) is 16.3 Å². The van der Waals surface area contributed by atoms with Crippen LogP contribution in [-0.4, -0.2) is 66.9 Å². The van der Waals surface area contributed by atoms with Crippen LogP contribution in [0.25, 0.3) is 0 Å². The number of nitrogens with zero attached hydrogens (tertiary/aromatic N) is 2. The second kappa shape index (κ2) is 12.7. The average Bonchev–Trinajstić information content (AvgIpc) is 2.78. The van der Waals surface area contributed by atoms with Gasteiger partial charge in [0.1, 0.15) is 5.82 Å². The third kappa shape index (κ3) is 7.74. The number of aliphatic hydroxyl groups excluding tert-OH is 1. The molecule has 8 heteroatoms. The van der Waals surface area contributed by atoms with Gasteiger partial charge in [-0.3, -0.25) is 4.90 Å². The summed E-state index contributed by atoms with van der Waals surface area (Å²) in [6.07, 6.45) is -0.224. The predicted octanol–water partition coefficient (Wildman–Crippen LogP) is 4.48. The van der Waals surface area contributed by atoms with Crippen molar-refractivity contribution >= 4 is 23.3 Å². The summed E-state index contributed by atoms with van der Waals surface area (Å²) in [5, 5.41) is 13.2. The first kappa shape index (κ1) is 26.1. The van der Waals surface area contributed by atoms with Gasteiger partial charge in [-0.25, -0.2) is 9.18 Å². The minimum absolute atomic E-state index is 0.0226. The molecular formula is C24H33ClFN3O3. The molecule has 3 atom stereocenters. The molecule has 0 aliphatic carbocycles. The second-order valence-electron chi connectivity index (χ2n) is 8.12. The summed E-state index contributed by atoms with van der Waals surface area (Å²) in [4.78, 5) is 16.2. The normalized spacial score (nSPS) is 14.1. The van der Waals surface area contributed by atoms with E-state index in [9.17, 15) is 14.3 Å². The molecule has 0 fully saturated rings. The molecule has 0 unspecified atom stereocenters. The number of hydrogen-bond acceptors (Lipinski definition) is 4. The van der Waals surface area contributed by atoms with E-state index < -0.39 is 0 Å². The van der Waals surface area contributed by atoms with Crippen molar-refractivity contribution in [2.75, 3.05) is 39.2 Å². The van der Waals surface area contributed by atoms with E-state index in [1.807, 2.05) is 31.2 Å². The lowest BCUT2D eigenvalue weighted by Gasteiger charge is -2.34. The maximum Gasteiger partial charge on any atom is 0.321 e. The van der Waals surface area contributed by atoms with Crippen molar-refractivity contribution in [2.24, 2.45) is 5.92 Å². The number of aliphatic hydroxyl groups is 1. The van der Waals surface area contributed by atoms with Crippen LogP contribution in [0.1, 0.15) is 19.4 Å². The number of urea groups is 1. The Morgan fingerprint density at radius 3 is 2.41 bits per heavy atom. The highest BCUT2D eigenvalue weighted by atomic mass is 35.5. The third-order valence-corrected chi connectivity index (χ3v) is 5.94. The van der Waals surface area contributed by atoms with Gasteiger partial charge in [-0.15, -0.1) is 0 Å². The van der Waals surface area contributed by atoms with E-state index in [2.05, 4.69) is 17.1 Å². The van der Waals surface area contributed by atoms with Crippen molar-refractivity contribution in [3.63, 3.8) is 0 Å². The van der Waals surface area contributed by atoms with Crippen LogP contribution in [0.3, 0.4) is 0 Å². The minimum Gasteiger partial charge on any atom is -0.395 e. The Hall–Kier alpha value is -2.19. The molecule has 0 heterocycles. The lowest BCUT2D eigenvalue weighted by atomic mass is 10.0. The Morgan fingerprint density at radius 1 is 1.16 bits per heavy atom. The fraction of sp³-hybridized carbons (Fsp3) is 0.458. The highest BCUT2D eigenvalue weighted by Crippen LogP contribution is 2.21. The van der Waals surface area contributed by atoms with Crippen molar-refractivity contribution in [3.8, 4) is 0 Å².